The molecule has 0 saturated carbocycles. The molecule has 4 heteroatoms. The van der Waals surface area contributed by atoms with Gasteiger partial charge in [-0.2, -0.15) is 0 Å². The number of aryl methyl sites for hydroxylation is 1. The summed E-state index contributed by atoms with van der Waals surface area (Å²) < 4.78 is 13.1. The summed E-state index contributed by atoms with van der Waals surface area (Å²) in [5, 5.41) is 2.67. The Kier molecular flexibility index (Phi) is 4.70. The Hall–Kier alpha value is -2.64. The van der Waals surface area contributed by atoms with Gasteiger partial charge in [-0.3, -0.25) is 4.79 Å². The lowest BCUT2D eigenvalue weighted by Crippen LogP contribution is -2.13. The molecule has 0 heterocycles. The first kappa shape index (κ1) is 14.8. The second-order valence-electron chi connectivity index (χ2n) is 4.50. The summed E-state index contributed by atoms with van der Waals surface area (Å²) >= 11 is 0. The fraction of sp³-hybridized carbons (Fsp3) is 0.118. The van der Waals surface area contributed by atoms with Crippen molar-refractivity contribution in [2.45, 2.75) is 6.92 Å². The predicted octanol–water partition coefficient (Wildman–Crippen LogP) is 2.70. The topological polar surface area (TPSA) is 55.1 Å². The van der Waals surface area contributed by atoms with Gasteiger partial charge in [-0.1, -0.05) is 24.0 Å². The fourth-order valence-electron chi connectivity index (χ4n) is 1.86. The van der Waals surface area contributed by atoms with Crippen molar-refractivity contribution in [3.05, 3.63) is 65.0 Å². The van der Waals surface area contributed by atoms with Gasteiger partial charge in [0.2, 0.25) is 0 Å². The molecule has 2 aromatic rings. The summed E-state index contributed by atoms with van der Waals surface area (Å²) in [4.78, 5) is 12.3. The van der Waals surface area contributed by atoms with Crippen LogP contribution in [0.4, 0.5) is 10.1 Å². The third-order valence-electron chi connectivity index (χ3n) is 2.90. The van der Waals surface area contributed by atoms with Crippen LogP contribution in [-0.4, -0.2) is 12.5 Å². The van der Waals surface area contributed by atoms with Crippen LogP contribution in [-0.2, 0) is 0 Å². The lowest BCUT2D eigenvalue weighted by Gasteiger charge is -2.08. The second kappa shape index (κ2) is 6.69. The molecule has 3 N–H and O–H groups in total. The van der Waals surface area contributed by atoms with Gasteiger partial charge in [-0.05, 0) is 42.8 Å². The van der Waals surface area contributed by atoms with Gasteiger partial charge in [0.05, 0.1) is 6.54 Å². The maximum atomic E-state index is 13.1. The molecule has 0 atom stereocenters. The monoisotopic (exact) mass is 282 g/mol. The van der Waals surface area contributed by atoms with Crippen molar-refractivity contribution >= 4 is 11.6 Å². The average Bonchev–Trinajstić information content (AvgIpc) is 2.46. The molecule has 0 aromatic heterocycles. The van der Waals surface area contributed by atoms with Crippen LogP contribution >= 0.6 is 0 Å². The standard InChI is InChI=1S/C17H15FN2O/c1-12-7-8-13(4-3-9-19)10-16(12)17(21)20-15-6-2-5-14(18)11-15/h2,5-8,10-11H,9,19H2,1H3,(H,20,21). The number of nitrogens with one attached hydrogen (secondary N) is 1. The SMILES string of the molecule is Cc1ccc(C#CCN)cc1C(=O)Nc1cccc(F)c1. The predicted molar refractivity (Wildman–Crippen MR) is 81.5 cm³/mol. The molecule has 0 aliphatic heterocycles. The van der Waals surface area contributed by atoms with Gasteiger partial charge in [0.1, 0.15) is 5.82 Å². The van der Waals surface area contributed by atoms with E-state index in [1.807, 2.05) is 19.1 Å². The molecule has 1 amide bonds. The molecule has 21 heavy (non-hydrogen) atoms. The Bertz CT molecular complexity index is 729. The minimum Gasteiger partial charge on any atom is -0.322 e. The summed E-state index contributed by atoms with van der Waals surface area (Å²) in [5.74, 6) is 4.94. The van der Waals surface area contributed by atoms with E-state index in [2.05, 4.69) is 17.2 Å². The van der Waals surface area contributed by atoms with Crippen molar-refractivity contribution in [3.63, 3.8) is 0 Å². The smallest absolute Gasteiger partial charge is 0.255 e. The van der Waals surface area contributed by atoms with E-state index >= 15 is 0 Å². The molecule has 0 aliphatic carbocycles. The molecule has 106 valence electrons. The van der Waals surface area contributed by atoms with Gasteiger partial charge < -0.3 is 11.1 Å². The number of anilines is 1. The summed E-state index contributed by atoms with van der Waals surface area (Å²) in [6.45, 7) is 2.10. The summed E-state index contributed by atoms with van der Waals surface area (Å²) in [6.07, 6.45) is 0. The third kappa shape index (κ3) is 3.91. The first-order valence-electron chi connectivity index (χ1n) is 6.46. The molecule has 0 radical (unpaired) electrons. The highest BCUT2D eigenvalue weighted by molar-refractivity contribution is 6.05. The van der Waals surface area contributed by atoms with Crippen molar-refractivity contribution in [2.75, 3.05) is 11.9 Å². The lowest BCUT2D eigenvalue weighted by molar-refractivity contribution is 0.102. The number of nitrogens with two attached hydrogens (primary N) is 1. The van der Waals surface area contributed by atoms with Crippen molar-refractivity contribution in [2.24, 2.45) is 5.73 Å². The molecule has 0 saturated heterocycles. The Morgan fingerprint density at radius 2 is 2.10 bits per heavy atom. The van der Waals surface area contributed by atoms with Crippen LogP contribution in [0.3, 0.4) is 0 Å². The van der Waals surface area contributed by atoms with E-state index in [9.17, 15) is 9.18 Å². The van der Waals surface area contributed by atoms with Gasteiger partial charge in [-0.25, -0.2) is 4.39 Å². The molecule has 0 bridgehead atoms. The van der Waals surface area contributed by atoms with Crippen molar-refractivity contribution in [1.82, 2.24) is 0 Å². The van der Waals surface area contributed by atoms with Crippen LogP contribution in [0.2, 0.25) is 0 Å². The van der Waals surface area contributed by atoms with Crippen molar-refractivity contribution in [3.8, 4) is 11.8 Å². The van der Waals surface area contributed by atoms with E-state index < -0.39 is 5.82 Å². The Morgan fingerprint density at radius 3 is 2.81 bits per heavy atom. The van der Waals surface area contributed by atoms with Crippen LogP contribution in [0.5, 0.6) is 0 Å². The quantitative estimate of drug-likeness (QED) is 0.832. The number of amides is 1. The first-order chi connectivity index (χ1) is 10.1. The van der Waals surface area contributed by atoms with E-state index in [1.54, 1.807) is 18.2 Å². The van der Waals surface area contributed by atoms with E-state index in [0.717, 1.165) is 11.1 Å². The van der Waals surface area contributed by atoms with Crippen LogP contribution < -0.4 is 11.1 Å². The molecule has 0 aliphatic rings. The number of carbonyl (C=O) groups is 1. The van der Waals surface area contributed by atoms with E-state index in [-0.39, 0.29) is 12.5 Å². The van der Waals surface area contributed by atoms with Gasteiger partial charge >= 0.3 is 0 Å². The van der Waals surface area contributed by atoms with Crippen molar-refractivity contribution in [1.29, 1.82) is 0 Å². The normalized spacial score (nSPS) is 9.67. The summed E-state index contributed by atoms with van der Waals surface area (Å²) in [5.41, 5.74) is 7.79. The van der Waals surface area contributed by atoms with Crippen molar-refractivity contribution < 1.29 is 9.18 Å². The highest BCUT2D eigenvalue weighted by Crippen LogP contribution is 2.15. The number of hydrogen-bond acceptors (Lipinski definition) is 2. The Labute approximate surface area is 123 Å². The minimum absolute atomic E-state index is 0.263. The average molecular weight is 282 g/mol. The zero-order chi connectivity index (χ0) is 15.2. The Balaban J connectivity index is 2.26. The van der Waals surface area contributed by atoms with E-state index in [1.165, 1.54) is 12.1 Å². The largest absolute Gasteiger partial charge is 0.322 e. The molecule has 0 unspecified atom stereocenters. The van der Waals surface area contributed by atoms with E-state index in [4.69, 9.17) is 5.73 Å². The molecule has 0 fully saturated rings. The van der Waals surface area contributed by atoms with Crippen LogP contribution in [0.1, 0.15) is 21.5 Å². The van der Waals surface area contributed by atoms with Gasteiger partial charge in [0.25, 0.3) is 5.91 Å². The Morgan fingerprint density at radius 1 is 1.29 bits per heavy atom. The second-order valence-corrected chi connectivity index (χ2v) is 4.50. The maximum Gasteiger partial charge on any atom is 0.255 e. The number of benzene rings is 2. The highest BCUT2D eigenvalue weighted by Gasteiger charge is 2.10. The molecule has 0 spiro atoms. The molecular formula is C17H15FN2O. The molecule has 3 nitrogen and oxygen atoms in total. The van der Waals surface area contributed by atoms with Crippen LogP contribution in [0.25, 0.3) is 0 Å². The van der Waals surface area contributed by atoms with Gasteiger partial charge in [0, 0.05) is 16.8 Å². The fourth-order valence-corrected chi connectivity index (χ4v) is 1.86. The minimum atomic E-state index is -0.396. The van der Waals surface area contributed by atoms with Gasteiger partial charge in [0.15, 0.2) is 0 Å². The maximum absolute atomic E-state index is 13.1. The molecule has 2 aromatic carbocycles. The molecule has 2 rings (SSSR count). The number of rotatable bonds is 2. The molecular weight excluding hydrogens is 267 g/mol. The lowest BCUT2D eigenvalue weighted by atomic mass is 10.0. The van der Waals surface area contributed by atoms with Gasteiger partial charge in [-0.15, -0.1) is 0 Å². The summed E-state index contributed by atoms with van der Waals surface area (Å²) in [6, 6.07) is 11.1. The zero-order valence-corrected chi connectivity index (χ0v) is 11.6. The van der Waals surface area contributed by atoms with Crippen LogP contribution in [0.15, 0.2) is 42.5 Å². The van der Waals surface area contributed by atoms with Crippen LogP contribution in [0, 0.1) is 24.6 Å². The number of carbonyl (C=O) groups excluding carboxylic acids is 1. The summed E-state index contributed by atoms with van der Waals surface area (Å²) in [7, 11) is 0. The van der Waals surface area contributed by atoms with E-state index in [0.29, 0.717) is 11.3 Å². The number of halogens is 1. The third-order valence-corrected chi connectivity index (χ3v) is 2.90. The number of hydrogen-bond donors (Lipinski definition) is 2. The highest BCUT2D eigenvalue weighted by atomic mass is 19.1. The first-order valence-corrected chi connectivity index (χ1v) is 6.46. The zero-order valence-electron chi connectivity index (χ0n) is 11.6.